The second kappa shape index (κ2) is 10.4. The number of carbonyl (C=O) groups is 3. The van der Waals surface area contributed by atoms with Gasteiger partial charge < -0.3 is 21.1 Å². The van der Waals surface area contributed by atoms with Crippen LogP contribution in [0.5, 0.6) is 0 Å². The Hall–Kier alpha value is -1.79. The van der Waals surface area contributed by atoms with Crippen LogP contribution in [-0.4, -0.2) is 41.1 Å². The van der Waals surface area contributed by atoms with Gasteiger partial charge in [-0.25, -0.2) is 4.79 Å². The number of carboxylic acids is 1. The molecule has 0 spiro atoms. The second-order valence-electron chi connectivity index (χ2n) is 7.80. The Kier molecular flexibility index (Phi) is 8.19. The van der Waals surface area contributed by atoms with Crippen LogP contribution in [0.2, 0.25) is 0 Å². The number of hydrogen-bond acceptors (Lipinski definition) is 3. The zero-order valence-electron chi connectivity index (χ0n) is 15.6. The Bertz CT molecular complexity index is 485. The van der Waals surface area contributed by atoms with Gasteiger partial charge in [0, 0.05) is 19.0 Å². The molecule has 0 aromatic heterocycles. The first kappa shape index (κ1) is 20.5. The predicted molar refractivity (Wildman–Crippen MR) is 98.9 cm³/mol. The van der Waals surface area contributed by atoms with Crippen molar-refractivity contribution in [1.82, 2.24) is 16.0 Å². The Morgan fingerprint density at radius 3 is 2.31 bits per heavy atom. The summed E-state index contributed by atoms with van der Waals surface area (Å²) in [5.41, 5.74) is -0.512. The second-order valence-corrected chi connectivity index (χ2v) is 7.80. The standard InChI is InChI=1S/C19H33N3O4/c23-16(22-19(11-7-12-19)14-17(24)25)10-5-2-6-13-20-18(26)21-15-8-3-1-4-9-15/h15H,1-14H2,(H,22,23)(H,24,25)(H2,20,21,26). The summed E-state index contributed by atoms with van der Waals surface area (Å²) in [6.07, 6.45) is 11.2. The number of carboxylic acid groups (broad SMARTS) is 1. The molecule has 0 atom stereocenters. The summed E-state index contributed by atoms with van der Waals surface area (Å²) in [4.78, 5) is 34.7. The average Bonchev–Trinajstić information content (AvgIpc) is 2.56. The number of hydrogen-bond donors (Lipinski definition) is 4. The molecule has 0 aromatic carbocycles. The highest BCUT2D eigenvalue weighted by Crippen LogP contribution is 2.35. The Labute approximate surface area is 155 Å². The summed E-state index contributed by atoms with van der Waals surface area (Å²) in [7, 11) is 0. The maximum atomic E-state index is 12.0. The van der Waals surface area contributed by atoms with Crippen molar-refractivity contribution in [2.75, 3.05) is 6.54 Å². The molecule has 2 aliphatic carbocycles. The summed E-state index contributed by atoms with van der Waals surface area (Å²) in [5, 5.41) is 17.8. The fourth-order valence-electron chi connectivity index (χ4n) is 3.87. The minimum atomic E-state index is -0.859. The molecule has 2 aliphatic rings. The molecule has 0 aromatic rings. The van der Waals surface area contributed by atoms with E-state index in [1.165, 1.54) is 19.3 Å². The SMILES string of the molecule is O=C(O)CC1(NC(=O)CCCCCNC(=O)NC2CCCCC2)CCC1. The van der Waals surface area contributed by atoms with Crippen molar-refractivity contribution >= 4 is 17.9 Å². The van der Waals surface area contributed by atoms with Crippen LogP contribution in [0.15, 0.2) is 0 Å². The van der Waals surface area contributed by atoms with Gasteiger partial charge >= 0.3 is 12.0 Å². The monoisotopic (exact) mass is 367 g/mol. The van der Waals surface area contributed by atoms with Crippen molar-refractivity contribution < 1.29 is 19.5 Å². The summed E-state index contributed by atoms with van der Waals surface area (Å²) in [5.74, 6) is -0.920. The molecule has 2 saturated carbocycles. The van der Waals surface area contributed by atoms with Gasteiger partial charge in [0.2, 0.25) is 5.91 Å². The van der Waals surface area contributed by atoms with E-state index in [0.29, 0.717) is 19.0 Å². The number of rotatable bonds is 10. The lowest BCUT2D eigenvalue weighted by Gasteiger charge is -2.41. The number of nitrogens with one attached hydrogen (secondary N) is 3. The highest BCUT2D eigenvalue weighted by atomic mass is 16.4. The van der Waals surface area contributed by atoms with Crippen molar-refractivity contribution in [3.05, 3.63) is 0 Å². The lowest BCUT2D eigenvalue weighted by molar-refractivity contribution is -0.140. The van der Waals surface area contributed by atoms with Crippen LogP contribution in [0.3, 0.4) is 0 Å². The van der Waals surface area contributed by atoms with Crippen LogP contribution in [0, 0.1) is 0 Å². The van der Waals surface area contributed by atoms with Crippen molar-refractivity contribution in [2.45, 2.75) is 95.1 Å². The van der Waals surface area contributed by atoms with Crippen molar-refractivity contribution in [3.8, 4) is 0 Å². The largest absolute Gasteiger partial charge is 0.481 e. The summed E-state index contributed by atoms with van der Waals surface area (Å²) < 4.78 is 0. The van der Waals surface area contributed by atoms with Crippen molar-refractivity contribution in [1.29, 1.82) is 0 Å². The van der Waals surface area contributed by atoms with E-state index in [1.54, 1.807) is 0 Å². The molecule has 0 heterocycles. The van der Waals surface area contributed by atoms with Gasteiger partial charge in [-0.3, -0.25) is 9.59 Å². The number of urea groups is 1. The average molecular weight is 367 g/mol. The van der Waals surface area contributed by atoms with Gasteiger partial charge in [-0.05, 0) is 44.9 Å². The minimum absolute atomic E-state index is 0.0127. The van der Waals surface area contributed by atoms with Gasteiger partial charge in [-0.1, -0.05) is 25.7 Å². The molecule has 0 radical (unpaired) electrons. The number of amides is 3. The Morgan fingerprint density at radius 1 is 0.962 bits per heavy atom. The van der Waals surface area contributed by atoms with Crippen LogP contribution in [-0.2, 0) is 9.59 Å². The Morgan fingerprint density at radius 2 is 1.69 bits per heavy atom. The van der Waals surface area contributed by atoms with Crippen LogP contribution < -0.4 is 16.0 Å². The third kappa shape index (κ3) is 7.22. The predicted octanol–water partition coefficient (Wildman–Crippen LogP) is 2.69. The fraction of sp³-hybridized carbons (Fsp3) is 0.842. The van der Waals surface area contributed by atoms with Gasteiger partial charge in [0.1, 0.15) is 0 Å². The van der Waals surface area contributed by atoms with Gasteiger partial charge in [0.05, 0.1) is 12.0 Å². The summed E-state index contributed by atoms with van der Waals surface area (Å²) >= 11 is 0. The number of unbranched alkanes of at least 4 members (excludes halogenated alkanes) is 2. The molecule has 3 amide bonds. The zero-order valence-corrected chi connectivity index (χ0v) is 15.6. The maximum absolute atomic E-state index is 12.0. The molecular formula is C19H33N3O4. The van der Waals surface area contributed by atoms with Crippen LogP contribution >= 0.6 is 0 Å². The van der Waals surface area contributed by atoms with Crippen molar-refractivity contribution in [3.63, 3.8) is 0 Å². The molecule has 7 heteroatoms. The van der Waals surface area contributed by atoms with Crippen molar-refractivity contribution in [2.24, 2.45) is 0 Å². The topological polar surface area (TPSA) is 108 Å². The van der Waals surface area contributed by atoms with E-state index in [1.807, 2.05) is 0 Å². The highest BCUT2D eigenvalue weighted by Gasteiger charge is 2.40. The van der Waals surface area contributed by atoms with Crippen LogP contribution in [0.25, 0.3) is 0 Å². The van der Waals surface area contributed by atoms with E-state index in [0.717, 1.165) is 51.4 Å². The zero-order chi connectivity index (χ0) is 18.8. The highest BCUT2D eigenvalue weighted by molar-refractivity contribution is 5.78. The first-order chi connectivity index (χ1) is 12.5. The molecule has 0 saturated heterocycles. The van der Waals surface area contributed by atoms with Crippen LogP contribution in [0.4, 0.5) is 4.79 Å². The third-order valence-electron chi connectivity index (χ3n) is 5.51. The molecule has 4 N–H and O–H groups in total. The fourth-order valence-corrected chi connectivity index (χ4v) is 3.87. The third-order valence-corrected chi connectivity index (χ3v) is 5.51. The maximum Gasteiger partial charge on any atom is 0.315 e. The smallest absolute Gasteiger partial charge is 0.315 e. The summed E-state index contributed by atoms with van der Waals surface area (Å²) in [6, 6.07) is 0.229. The molecule has 0 aliphatic heterocycles. The molecule has 26 heavy (non-hydrogen) atoms. The van der Waals surface area contributed by atoms with E-state index in [9.17, 15) is 14.4 Å². The van der Waals surface area contributed by atoms with E-state index in [4.69, 9.17) is 5.11 Å². The quantitative estimate of drug-likeness (QED) is 0.445. The molecule has 7 nitrogen and oxygen atoms in total. The normalized spacial score (nSPS) is 19.2. The molecule has 0 unspecified atom stereocenters. The van der Waals surface area contributed by atoms with Crippen LogP contribution in [0.1, 0.15) is 83.5 Å². The molecule has 2 rings (SSSR count). The van der Waals surface area contributed by atoms with E-state index >= 15 is 0 Å². The van der Waals surface area contributed by atoms with Gasteiger partial charge in [-0.15, -0.1) is 0 Å². The lowest BCUT2D eigenvalue weighted by Crippen LogP contribution is -2.54. The molecule has 148 valence electrons. The van der Waals surface area contributed by atoms with E-state index in [2.05, 4.69) is 16.0 Å². The minimum Gasteiger partial charge on any atom is -0.481 e. The summed E-state index contributed by atoms with van der Waals surface area (Å²) in [6.45, 7) is 0.614. The molecule has 2 fully saturated rings. The van der Waals surface area contributed by atoms with Gasteiger partial charge in [0.15, 0.2) is 0 Å². The van der Waals surface area contributed by atoms with Gasteiger partial charge in [-0.2, -0.15) is 0 Å². The first-order valence-electron chi connectivity index (χ1n) is 10.1. The Balaban J connectivity index is 1.48. The lowest BCUT2D eigenvalue weighted by atomic mass is 9.74. The van der Waals surface area contributed by atoms with Gasteiger partial charge in [0.25, 0.3) is 0 Å². The van der Waals surface area contributed by atoms with E-state index in [-0.39, 0.29) is 18.4 Å². The number of aliphatic carboxylic acids is 1. The molecule has 0 bridgehead atoms. The molecular weight excluding hydrogens is 334 g/mol. The van der Waals surface area contributed by atoms with E-state index < -0.39 is 11.5 Å². The first-order valence-corrected chi connectivity index (χ1v) is 10.1. The number of carbonyl (C=O) groups excluding carboxylic acids is 2.